The molecule has 0 bridgehead atoms. The summed E-state index contributed by atoms with van der Waals surface area (Å²) in [7, 11) is -3.64. The minimum absolute atomic E-state index is 0.252. The molecule has 0 heterocycles. The maximum absolute atomic E-state index is 12.8. The van der Waals surface area contributed by atoms with Gasteiger partial charge in [0.1, 0.15) is 18.5 Å². The minimum atomic E-state index is -3.64. The maximum Gasteiger partial charge on any atom is 0.264 e. The lowest BCUT2D eigenvalue weighted by Crippen LogP contribution is -2.21. The summed E-state index contributed by atoms with van der Waals surface area (Å²) in [6, 6.07) is 1.32. The van der Waals surface area contributed by atoms with Gasteiger partial charge in [0, 0.05) is 12.1 Å². The zero-order valence-electron chi connectivity index (χ0n) is 9.61. The Morgan fingerprint density at radius 2 is 1.72 bits per heavy atom. The van der Waals surface area contributed by atoms with Crippen molar-refractivity contribution in [2.75, 3.05) is 12.9 Å². The Morgan fingerprint density at radius 1 is 1.22 bits per heavy atom. The molecule has 0 N–H and O–H groups in total. The number of rotatable bonds is 5. The first-order valence-corrected chi connectivity index (χ1v) is 6.66. The number of hydrogen-bond acceptors (Lipinski definition) is 4. The van der Waals surface area contributed by atoms with Crippen LogP contribution in [0.4, 0.5) is 13.2 Å². The van der Waals surface area contributed by atoms with Crippen molar-refractivity contribution in [2.45, 2.75) is 13.0 Å². The molecule has 8 heteroatoms. The molecule has 0 spiro atoms. The van der Waals surface area contributed by atoms with E-state index in [2.05, 4.69) is 4.18 Å². The fraction of sp³-hybridized carbons (Fsp3) is 0.400. The van der Waals surface area contributed by atoms with E-state index in [-0.39, 0.29) is 12.4 Å². The van der Waals surface area contributed by atoms with Gasteiger partial charge in [-0.15, -0.1) is 0 Å². The molecular formula is C10H11F3O4S. The molecule has 1 rings (SSSR count). The van der Waals surface area contributed by atoms with Crippen LogP contribution in [-0.2, 0) is 14.3 Å². The predicted molar refractivity (Wildman–Crippen MR) is 57.2 cm³/mol. The zero-order valence-corrected chi connectivity index (χ0v) is 10.4. The fourth-order valence-electron chi connectivity index (χ4n) is 1.16. The summed E-state index contributed by atoms with van der Waals surface area (Å²) in [4.78, 5) is 0. The van der Waals surface area contributed by atoms with Crippen molar-refractivity contribution in [1.29, 1.82) is 0 Å². The highest BCUT2D eigenvalue weighted by Gasteiger charge is 2.14. The fourth-order valence-corrected chi connectivity index (χ4v) is 1.81. The smallest absolute Gasteiger partial charge is 0.264 e. The van der Waals surface area contributed by atoms with Gasteiger partial charge in [0.05, 0.1) is 6.26 Å². The molecule has 0 unspecified atom stereocenters. The summed E-state index contributed by atoms with van der Waals surface area (Å²) in [5.74, 6) is -4.62. The van der Waals surface area contributed by atoms with Gasteiger partial charge in [-0.2, -0.15) is 8.42 Å². The molecule has 0 saturated carbocycles. The number of halogens is 3. The molecule has 102 valence electrons. The highest BCUT2D eigenvalue weighted by molar-refractivity contribution is 7.86. The lowest BCUT2D eigenvalue weighted by atomic mass is 10.3. The summed E-state index contributed by atoms with van der Waals surface area (Å²) in [5.41, 5.74) is 0. The standard InChI is InChI=1S/C10H11F3O4S/c1-6(17-18(2,14)15)5-16-7-3-8(11)10(13)9(12)4-7/h3-4,6H,5H2,1-2H3/t6-/m1/s1. The second-order valence-electron chi connectivity index (χ2n) is 3.62. The van der Waals surface area contributed by atoms with E-state index in [1.54, 1.807) is 0 Å². The first-order valence-electron chi connectivity index (χ1n) is 4.84. The van der Waals surface area contributed by atoms with Crippen LogP contribution in [0.2, 0.25) is 0 Å². The van der Waals surface area contributed by atoms with E-state index in [4.69, 9.17) is 4.74 Å². The van der Waals surface area contributed by atoms with Crippen LogP contribution >= 0.6 is 0 Å². The first kappa shape index (κ1) is 14.8. The molecule has 0 aromatic heterocycles. The van der Waals surface area contributed by atoms with Crippen molar-refractivity contribution < 1.29 is 30.5 Å². The van der Waals surface area contributed by atoms with Gasteiger partial charge >= 0.3 is 0 Å². The molecule has 0 aliphatic carbocycles. The molecule has 1 aromatic carbocycles. The van der Waals surface area contributed by atoms with Crippen LogP contribution in [0.25, 0.3) is 0 Å². The molecule has 4 nitrogen and oxygen atoms in total. The zero-order chi connectivity index (χ0) is 13.9. The lowest BCUT2D eigenvalue weighted by Gasteiger charge is -2.12. The van der Waals surface area contributed by atoms with E-state index >= 15 is 0 Å². The average molecular weight is 284 g/mol. The number of ether oxygens (including phenoxy) is 1. The van der Waals surface area contributed by atoms with E-state index in [0.29, 0.717) is 12.1 Å². The lowest BCUT2D eigenvalue weighted by molar-refractivity contribution is 0.149. The van der Waals surface area contributed by atoms with Crippen LogP contribution in [0.5, 0.6) is 5.75 Å². The molecule has 1 aromatic rings. The Kier molecular flexibility index (Phi) is 4.58. The highest BCUT2D eigenvalue weighted by atomic mass is 32.2. The van der Waals surface area contributed by atoms with Gasteiger partial charge in [-0.05, 0) is 6.92 Å². The van der Waals surface area contributed by atoms with Crippen molar-refractivity contribution in [2.24, 2.45) is 0 Å². The number of benzene rings is 1. The van der Waals surface area contributed by atoms with Crippen molar-refractivity contribution in [3.63, 3.8) is 0 Å². The van der Waals surface area contributed by atoms with E-state index in [1.165, 1.54) is 6.92 Å². The van der Waals surface area contributed by atoms with E-state index in [9.17, 15) is 21.6 Å². The third kappa shape index (κ3) is 4.53. The van der Waals surface area contributed by atoms with Crippen LogP contribution in [0.3, 0.4) is 0 Å². The SMILES string of the molecule is C[C@H](COc1cc(F)c(F)c(F)c1)OS(C)(=O)=O. The van der Waals surface area contributed by atoms with Crippen LogP contribution in [0, 0.1) is 17.5 Å². The number of hydrogen-bond donors (Lipinski definition) is 0. The van der Waals surface area contributed by atoms with Crippen molar-refractivity contribution in [1.82, 2.24) is 0 Å². The van der Waals surface area contributed by atoms with Crippen molar-refractivity contribution >= 4 is 10.1 Å². The van der Waals surface area contributed by atoms with Gasteiger partial charge in [-0.25, -0.2) is 13.2 Å². The quantitative estimate of drug-likeness (QED) is 0.611. The third-order valence-corrected chi connectivity index (χ3v) is 2.46. The Bertz CT molecular complexity index is 507. The van der Waals surface area contributed by atoms with Crippen LogP contribution in [-0.4, -0.2) is 27.4 Å². The van der Waals surface area contributed by atoms with E-state index in [1.807, 2.05) is 0 Å². The Balaban J connectivity index is 2.64. The topological polar surface area (TPSA) is 52.6 Å². The van der Waals surface area contributed by atoms with Gasteiger partial charge < -0.3 is 4.74 Å². The molecule has 18 heavy (non-hydrogen) atoms. The maximum atomic E-state index is 12.8. The van der Waals surface area contributed by atoms with E-state index in [0.717, 1.165) is 6.26 Å². The molecular weight excluding hydrogens is 273 g/mol. The molecule has 0 saturated heterocycles. The van der Waals surface area contributed by atoms with Gasteiger partial charge in [-0.3, -0.25) is 4.18 Å². The monoisotopic (exact) mass is 284 g/mol. The van der Waals surface area contributed by atoms with Crippen molar-refractivity contribution in [3.05, 3.63) is 29.6 Å². The van der Waals surface area contributed by atoms with Gasteiger partial charge in [0.25, 0.3) is 10.1 Å². The second kappa shape index (κ2) is 5.57. The van der Waals surface area contributed by atoms with Crippen LogP contribution < -0.4 is 4.74 Å². The normalized spacial score (nSPS) is 13.4. The van der Waals surface area contributed by atoms with Crippen molar-refractivity contribution in [3.8, 4) is 5.75 Å². The Hall–Kier alpha value is -1.28. The summed E-state index contributed by atoms with van der Waals surface area (Å²) < 4.78 is 69.2. The van der Waals surface area contributed by atoms with Gasteiger partial charge in [0.2, 0.25) is 0 Å². The van der Waals surface area contributed by atoms with Crippen LogP contribution in [0.15, 0.2) is 12.1 Å². The molecule has 0 aliphatic rings. The molecule has 1 atom stereocenters. The molecule has 0 fully saturated rings. The third-order valence-electron chi connectivity index (χ3n) is 1.78. The molecule has 0 amide bonds. The highest BCUT2D eigenvalue weighted by Crippen LogP contribution is 2.19. The Morgan fingerprint density at radius 3 is 2.17 bits per heavy atom. The summed E-state index contributed by atoms with van der Waals surface area (Å²) in [6.07, 6.45) is 0.0250. The molecule has 0 radical (unpaired) electrons. The Labute approximate surface area is 102 Å². The van der Waals surface area contributed by atoms with Gasteiger partial charge in [-0.1, -0.05) is 0 Å². The largest absolute Gasteiger partial charge is 0.491 e. The first-order chi connectivity index (χ1) is 8.19. The van der Waals surface area contributed by atoms with E-state index < -0.39 is 33.7 Å². The van der Waals surface area contributed by atoms with Crippen LogP contribution in [0.1, 0.15) is 6.92 Å². The molecule has 0 aliphatic heterocycles. The average Bonchev–Trinajstić information content (AvgIpc) is 2.20. The summed E-state index contributed by atoms with van der Waals surface area (Å²) >= 11 is 0. The minimum Gasteiger partial charge on any atom is -0.491 e. The van der Waals surface area contributed by atoms with Gasteiger partial charge in [0.15, 0.2) is 17.5 Å². The predicted octanol–water partition coefficient (Wildman–Crippen LogP) is 1.85. The summed E-state index contributed by atoms with van der Waals surface area (Å²) in [5, 5.41) is 0. The summed E-state index contributed by atoms with van der Waals surface area (Å²) in [6.45, 7) is 1.15. The second-order valence-corrected chi connectivity index (χ2v) is 5.22.